The van der Waals surface area contributed by atoms with Gasteiger partial charge in [0.2, 0.25) is 0 Å². The van der Waals surface area contributed by atoms with E-state index in [2.05, 4.69) is 0 Å². The molecule has 1 rings (SSSR count). The first-order valence-corrected chi connectivity index (χ1v) is 5.74. The Hall–Kier alpha value is -1.13. The van der Waals surface area contributed by atoms with Crippen molar-refractivity contribution >= 4 is 12.4 Å². The molecule has 0 fully saturated rings. The van der Waals surface area contributed by atoms with Gasteiger partial charge in [0, 0.05) is 0 Å². The van der Waals surface area contributed by atoms with E-state index in [1.807, 2.05) is 13.8 Å². The maximum Gasteiger partial charge on any atom is 0.513 e. The van der Waals surface area contributed by atoms with Crippen LogP contribution >= 0.6 is 0 Å². The molecule has 0 atom stereocenters. The van der Waals surface area contributed by atoms with Gasteiger partial charge in [-0.25, -0.2) is 0 Å². The van der Waals surface area contributed by atoms with Crippen molar-refractivity contribution < 1.29 is 17.7 Å². The van der Waals surface area contributed by atoms with Crippen LogP contribution in [0.25, 0.3) is 0 Å². The molecule has 0 aliphatic heterocycles. The van der Waals surface area contributed by atoms with Crippen LogP contribution in [0.5, 0.6) is 5.75 Å². The summed E-state index contributed by atoms with van der Waals surface area (Å²) in [5, 5.41) is 0. The molecule has 0 spiro atoms. The molecular weight excluding hydrogens is 228 g/mol. The molecule has 96 valence electrons. The van der Waals surface area contributed by atoms with Crippen LogP contribution in [0.3, 0.4) is 0 Å². The standard InChI is InChI=1S/C12H17BF3O/c1-9(2)6-7-17-12-5-4-10(3)8-11(12)13(14,15)16/h4-5,8-9H,6-7H2,1-3H3/q-1. The zero-order valence-corrected chi connectivity index (χ0v) is 10.3. The van der Waals surface area contributed by atoms with Gasteiger partial charge in [0.15, 0.2) is 0 Å². The quantitative estimate of drug-likeness (QED) is 0.721. The summed E-state index contributed by atoms with van der Waals surface area (Å²) in [5.41, 5.74) is -0.0378. The Kier molecular flexibility index (Phi) is 4.49. The van der Waals surface area contributed by atoms with E-state index in [-0.39, 0.29) is 5.75 Å². The van der Waals surface area contributed by atoms with Gasteiger partial charge >= 0.3 is 6.98 Å². The van der Waals surface area contributed by atoms with E-state index in [0.29, 0.717) is 18.1 Å². The zero-order chi connectivity index (χ0) is 13.1. The van der Waals surface area contributed by atoms with Gasteiger partial charge in [-0.2, -0.15) is 0 Å². The van der Waals surface area contributed by atoms with Gasteiger partial charge in [0.05, 0.1) is 12.4 Å². The van der Waals surface area contributed by atoms with Crippen LogP contribution in [-0.4, -0.2) is 13.6 Å². The number of rotatable bonds is 5. The maximum atomic E-state index is 12.8. The first-order chi connectivity index (χ1) is 7.80. The van der Waals surface area contributed by atoms with Gasteiger partial charge in [-0.15, -0.1) is 0 Å². The lowest BCUT2D eigenvalue weighted by molar-refractivity contribution is 0.290. The van der Waals surface area contributed by atoms with Crippen molar-refractivity contribution in [2.75, 3.05) is 6.61 Å². The molecule has 0 N–H and O–H groups in total. The minimum absolute atomic E-state index is 0.0521. The first-order valence-electron chi connectivity index (χ1n) is 5.74. The average Bonchev–Trinajstić information content (AvgIpc) is 2.18. The molecule has 1 aromatic rings. The third-order valence-corrected chi connectivity index (χ3v) is 2.47. The molecule has 0 saturated heterocycles. The van der Waals surface area contributed by atoms with Crippen LogP contribution in [0.4, 0.5) is 12.9 Å². The Labute approximate surface area is 100 Å². The van der Waals surface area contributed by atoms with Gasteiger partial charge in [0.1, 0.15) is 0 Å². The smallest absolute Gasteiger partial charge is 0.497 e. The molecule has 0 aromatic heterocycles. The third-order valence-electron chi connectivity index (χ3n) is 2.47. The second kappa shape index (κ2) is 5.47. The van der Waals surface area contributed by atoms with Crippen LogP contribution in [0.15, 0.2) is 18.2 Å². The normalized spacial score (nSPS) is 11.9. The number of halogens is 3. The zero-order valence-electron chi connectivity index (χ0n) is 10.3. The predicted molar refractivity (Wildman–Crippen MR) is 64.8 cm³/mol. The number of aryl methyl sites for hydroxylation is 1. The van der Waals surface area contributed by atoms with Gasteiger partial charge in [-0.3, -0.25) is 0 Å². The molecule has 0 heterocycles. The Morgan fingerprint density at radius 3 is 2.41 bits per heavy atom. The SMILES string of the molecule is Cc1ccc(OCCC(C)C)c([B-](F)(F)F)c1. The van der Waals surface area contributed by atoms with Crippen molar-refractivity contribution in [3.05, 3.63) is 23.8 Å². The molecule has 0 bridgehead atoms. The summed E-state index contributed by atoms with van der Waals surface area (Å²) in [6, 6.07) is 4.18. The van der Waals surface area contributed by atoms with Crippen molar-refractivity contribution in [1.29, 1.82) is 0 Å². The Balaban J connectivity index is 2.84. The van der Waals surface area contributed by atoms with Crippen LogP contribution in [0.2, 0.25) is 0 Å². The highest BCUT2D eigenvalue weighted by Gasteiger charge is 2.29. The van der Waals surface area contributed by atoms with E-state index in [1.54, 1.807) is 13.0 Å². The molecule has 1 nitrogen and oxygen atoms in total. The maximum absolute atomic E-state index is 12.8. The number of hydrogen-bond donors (Lipinski definition) is 0. The fourth-order valence-corrected chi connectivity index (χ4v) is 1.46. The third kappa shape index (κ3) is 4.33. The highest BCUT2D eigenvalue weighted by molar-refractivity contribution is 6.74. The summed E-state index contributed by atoms with van der Waals surface area (Å²) in [6.07, 6.45) is 0.748. The minimum Gasteiger partial charge on any atom is -0.497 e. The van der Waals surface area contributed by atoms with E-state index in [4.69, 9.17) is 4.74 Å². The Bertz CT molecular complexity index is 375. The fraction of sp³-hybridized carbons (Fsp3) is 0.500. The monoisotopic (exact) mass is 245 g/mol. The Morgan fingerprint density at radius 2 is 1.88 bits per heavy atom. The largest absolute Gasteiger partial charge is 0.513 e. The Morgan fingerprint density at radius 1 is 1.24 bits per heavy atom. The summed E-state index contributed by atoms with van der Waals surface area (Å²) in [5.74, 6) is 0.365. The lowest BCUT2D eigenvalue weighted by Crippen LogP contribution is -2.35. The van der Waals surface area contributed by atoms with E-state index >= 15 is 0 Å². The molecule has 0 unspecified atom stereocenters. The first kappa shape index (κ1) is 13.9. The van der Waals surface area contributed by atoms with Gasteiger partial charge in [-0.05, 0) is 25.3 Å². The van der Waals surface area contributed by atoms with Crippen molar-refractivity contribution in [3.8, 4) is 5.75 Å². The minimum atomic E-state index is -5.01. The molecule has 1 aromatic carbocycles. The predicted octanol–water partition coefficient (Wildman–Crippen LogP) is 3.47. The van der Waals surface area contributed by atoms with Crippen LogP contribution in [0, 0.1) is 12.8 Å². The summed E-state index contributed by atoms with van der Waals surface area (Å²) in [6.45, 7) is 0.961. The summed E-state index contributed by atoms with van der Waals surface area (Å²) in [4.78, 5) is 0. The van der Waals surface area contributed by atoms with Crippen molar-refractivity contribution in [1.82, 2.24) is 0 Å². The van der Waals surface area contributed by atoms with Crippen LogP contribution in [-0.2, 0) is 0 Å². The van der Waals surface area contributed by atoms with E-state index in [1.165, 1.54) is 6.07 Å². The molecule has 0 radical (unpaired) electrons. The van der Waals surface area contributed by atoms with Gasteiger partial charge < -0.3 is 17.7 Å². The van der Waals surface area contributed by atoms with Crippen molar-refractivity contribution in [2.45, 2.75) is 27.2 Å². The van der Waals surface area contributed by atoms with E-state index in [9.17, 15) is 12.9 Å². The summed E-state index contributed by atoms with van der Waals surface area (Å²) >= 11 is 0. The molecule has 0 saturated carbocycles. The number of benzene rings is 1. The van der Waals surface area contributed by atoms with Crippen LogP contribution in [0.1, 0.15) is 25.8 Å². The second-order valence-electron chi connectivity index (χ2n) is 4.65. The van der Waals surface area contributed by atoms with Gasteiger partial charge in [-0.1, -0.05) is 37.0 Å². The number of ether oxygens (including phenoxy) is 1. The van der Waals surface area contributed by atoms with Crippen molar-refractivity contribution in [3.63, 3.8) is 0 Å². The van der Waals surface area contributed by atoms with Crippen LogP contribution < -0.4 is 10.2 Å². The molecule has 17 heavy (non-hydrogen) atoms. The molecule has 0 aliphatic carbocycles. The van der Waals surface area contributed by atoms with E-state index < -0.39 is 12.4 Å². The highest BCUT2D eigenvalue weighted by atomic mass is 19.4. The lowest BCUT2D eigenvalue weighted by atomic mass is 9.78. The molecule has 0 aliphatic rings. The fourth-order valence-electron chi connectivity index (χ4n) is 1.46. The summed E-state index contributed by atoms with van der Waals surface area (Å²) < 4.78 is 43.6. The van der Waals surface area contributed by atoms with E-state index in [0.717, 1.165) is 12.5 Å². The topological polar surface area (TPSA) is 9.23 Å². The lowest BCUT2D eigenvalue weighted by Gasteiger charge is -2.20. The molecule has 5 heteroatoms. The molecule has 0 amide bonds. The molecular formula is C12H17BF3O-. The average molecular weight is 245 g/mol. The second-order valence-corrected chi connectivity index (χ2v) is 4.65. The van der Waals surface area contributed by atoms with Crippen molar-refractivity contribution in [2.24, 2.45) is 5.92 Å². The summed E-state index contributed by atoms with van der Waals surface area (Å²) in [7, 11) is 0. The number of hydrogen-bond acceptors (Lipinski definition) is 1. The highest BCUT2D eigenvalue weighted by Crippen LogP contribution is 2.19. The van der Waals surface area contributed by atoms with Gasteiger partial charge in [0.25, 0.3) is 0 Å².